The molecule has 9 heteroatoms. The Balaban J connectivity index is 2.01. The molecule has 2 atom stereocenters. The number of aliphatic hydroxyl groups is 1. The Morgan fingerprint density at radius 1 is 0.930 bits per heavy atom. The lowest BCUT2D eigenvalue weighted by Crippen LogP contribution is -2.54. The molecule has 0 radical (unpaired) electrons. The van der Waals surface area contributed by atoms with Crippen molar-refractivity contribution in [3.8, 4) is 5.75 Å². The van der Waals surface area contributed by atoms with E-state index in [4.69, 9.17) is 4.74 Å². The lowest BCUT2D eigenvalue weighted by molar-refractivity contribution is -0.141. The monoisotopic (exact) mass is 591 g/mol. The SMILES string of the molecule is CCCCCCCN(C(=O)C(CO)NC(=O)OC(C)(C)C)C(C(=O)Nc1ccc2ccccc2c1)c1ccc(O)c(C)c1. The zero-order valence-electron chi connectivity index (χ0n) is 25.9. The van der Waals surface area contributed by atoms with Crippen molar-refractivity contribution in [1.82, 2.24) is 10.2 Å². The number of nitrogens with zero attached hydrogens (tertiary/aromatic N) is 1. The van der Waals surface area contributed by atoms with Crippen molar-refractivity contribution in [1.29, 1.82) is 0 Å². The van der Waals surface area contributed by atoms with Gasteiger partial charge >= 0.3 is 6.09 Å². The van der Waals surface area contributed by atoms with E-state index in [1.807, 2.05) is 36.4 Å². The average molecular weight is 592 g/mol. The van der Waals surface area contributed by atoms with Crippen molar-refractivity contribution >= 4 is 34.4 Å². The maximum absolute atomic E-state index is 14.1. The van der Waals surface area contributed by atoms with Crippen LogP contribution < -0.4 is 10.6 Å². The van der Waals surface area contributed by atoms with Crippen LogP contribution in [-0.4, -0.2) is 57.8 Å². The second kappa shape index (κ2) is 15.4. The third kappa shape index (κ3) is 9.71. The second-order valence-electron chi connectivity index (χ2n) is 11.8. The molecule has 2 unspecified atom stereocenters. The van der Waals surface area contributed by atoms with Gasteiger partial charge in [-0.3, -0.25) is 9.59 Å². The Labute approximate surface area is 254 Å². The van der Waals surface area contributed by atoms with Crippen LogP contribution in [0.15, 0.2) is 60.7 Å². The molecule has 3 amide bonds. The summed E-state index contributed by atoms with van der Waals surface area (Å²) < 4.78 is 5.32. The number of amides is 3. The molecule has 0 saturated heterocycles. The number of aliphatic hydroxyl groups excluding tert-OH is 1. The molecular formula is C34H45N3O6. The van der Waals surface area contributed by atoms with Crippen LogP contribution in [0.3, 0.4) is 0 Å². The predicted octanol–water partition coefficient (Wildman–Crippen LogP) is 6.22. The summed E-state index contributed by atoms with van der Waals surface area (Å²) in [4.78, 5) is 42.1. The van der Waals surface area contributed by atoms with Crippen LogP contribution in [-0.2, 0) is 14.3 Å². The topological polar surface area (TPSA) is 128 Å². The van der Waals surface area contributed by atoms with E-state index >= 15 is 0 Å². The molecule has 0 heterocycles. The van der Waals surface area contributed by atoms with E-state index in [2.05, 4.69) is 17.6 Å². The molecule has 232 valence electrons. The van der Waals surface area contributed by atoms with Gasteiger partial charge in [-0.2, -0.15) is 0 Å². The number of carbonyl (C=O) groups is 3. The van der Waals surface area contributed by atoms with E-state index in [9.17, 15) is 24.6 Å². The predicted molar refractivity (Wildman–Crippen MR) is 169 cm³/mol. The van der Waals surface area contributed by atoms with E-state index < -0.39 is 42.2 Å². The number of rotatable bonds is 13. The largest absolute Gasteiger partial charge is 0.508 e. The minimum atomic E-state index is -1.33. The van der Waals surface area contributed by atoms with E-state index in [-0.39, 0.29) is 12.3 Å². The van der Waals surface area contributed by atoms with Gasteiger partial charge in [-0.05, 0) is 80.3 Å². The summed E-state index contributed by atoms with van der Waals surface area (Å²) in [6.45, 7) is 8.46. The van der Waals surface area contributed by atoms with Crippen molar-refractivity contribution in [3.05, 3.63) is 71.8 Å². The van der Waals surface area contributed by atoms with Gasteiger partial charge in [-0.1, -0.05) is 69.0 Å². The van der Waals surface area contributed by atoms with Crippen molar-refractivity contribution in [2.75, 3.05) is 18.5 Å². The highest BCUT2D eigenvalue weighted by Gasteiger charge is 2.36. The Hall–Kier alpha value is -4.11. The van der Waals surface area contributed by atoms with Crippen molar-refractivity contribution in [2.24, 2.45) is 0 Å². The Morgan fingerprint density at radius 3 is 2.28 bits per heavy atom. The highest BCUT2D eigenvalue weighted by molar-refractivity contribution is 6.00. The Morgan fingerprint density at radius 2 is 1.63 bits per heavy atom. The van der Waals surface area contributed by atoms with Gasteiger partial charge in [0.25, 0.3) is 5.91 Å². The van der Waals surface area contributed by atoms with Gasteiger partial charge in [-0.25, -0.2) is 4.79 Å². The molecule has 4 N–H and O–H groups in total. The minimum absolute atomic E-state index is 0.0645. The van der Waals surface area contributed by atoms with Crippen LogP contribution in [0.4, 0.5) is 10.5 Å². The number of unbranched alkanes of at least 4 members (excludes halogenated alkanes) is 4. The number of anilines is 1. The number of alkyl carbamates (subject to hydrolysis) is 1. The molecule has 0 aliphatic heterocycles. The molecule has 0 fully saturated rings. The number of benzene rings is 3. The van der Waals surface area contributed by atoms with Gasteiger partial charge in [0.1, 0.15) is 23.4 Å². The first-order valence-electron chi connectivity index (χ1n) is 14.9. The number of ether oxygens (including phenoxy) is 1. The zero-order valence-corrected chi connectivity index (χ0v) is 25.9. The van der Waals surface area contributed by atoms with Crippen molar-refractivity contribution in [3.63, 3.8) is 0 Å². The summed E-state index contributed by atoms with van der Waals surface area (Å²) in [5, 5.41) is 27.8. The smallest absolute Gasteiger partial charge is 0.408 e. The lowest BCUT2D eigenvalue weighted by atomic mass is 9.99. The summed E-state index contributed by atoms with van der Waals surface area (Å²) in [6, 6.07) is 15.7. The van der Waals surface area contributed by atoms with Crippen LogP contribution >= 0.6 is 0 Å². The normalized spacial score (nSPS) is 12.8. The first-order chi connectivity index (χ1) is 20.4. The fourth-order valence-electron chi connectivity index (χ4n) is 4.89. The van der Waals surface area contributed by atoms with Crippen LogP contribution in [0.2, 0.25) is 0 Å². The molecule has 43 heavy (non-hydrogen) atoms. The maximum Gasteiger partial charge on any atom is 0.408 e. The van der Waals surface area contributed by atoms with Crippen LogP contribution in [0.1, 0.15) is 77.0 Å². The number of aryl methyl sites for hydroxylation is 1. The standard InChI is InChI=1S/C34H45N3O6/c1-6-7-8-9-12-19-37(32(41)28(22-38)36-33(42)43-34(3,4)5)30(26-16-18-29(39)23(2)20-26)31(40)35-27-17-15-24-13-10-11-14-25(24)21-27/h10-11,13-18,20-21,28,30,38-39H,6-9,12,19,22H2,1-5H3,(H,35,40)(H,36,42). The number of phenolic OH excluding ortho intramolecular Hbond substituents is 1. The van der Waals surface area contributed by atoms with Crippen LogP contribution in [0.25, 0.3) is 10.8 Å². The van der Waals surface area contributed by atoms with Gasteiger partial charge in [-0.15, -0.1) is 0 Å². The average Bonchev–Trinajstić information content (AvgIpc) is 2.95. The second-order valence-corrected chi connectivity index (χ2v) is 11.8. The highest BCUT2D eigenvalue weighted by Crippen LogP contribution is 2.29. The molecule has 0 bridgehead atoms. The van der Waals surface area contributed by atoms with E-state index in [1.165, 1.54) is 11.0 Å². The third-order valence-corrected chi connectivity index (χ3v) is 7.07. The maximum atomic E-state index is 14.1. The summed E-state index contributed by atoms with van der Waals surface area (Å²) in [5.74, 6) is -1.01. The Kier molecular flexibility index (Phi) is 11.9. The molecule has 0 aliphatic carbocycles. The molecule has 3 aromatic carbocycles. The highest BCUT2D eigenvalue weighted by atomic mass is 16.6. The van der Waals surface area contributed by atoms with Gasteiger partial charge < -0.3 is 30.5 Å². The number of phenols is 1. The third-order valence-electron chi connectivity index (χ3n) is 7.07. The molecule has 0 saturated carbocycles. The molecule has 9 nitrogen and oxygen atoms in total. The van der Waals surface area contributed by atoms with Gasteiger partial charge in [0, 0.05) is 12.2 Å². The molecule has 0 spiro atoms. The fourth-order valence-corrected chi connectivity index (χ4v) is 4.89. The quantitative estimate of drug-likeness (QED) is 0.175. The van der Waals surface area contributed by atoms with Gasteiger partial charge in [0.2, 0.25) is 5.91 Å². The van der Waals surface area contributed by atoms with Crippen molar-refractivity contribution in [2.45, 2.75) is 84.4 Å². The van der Waals surface area contributed by atoms with E-state index in [0.29, 0.717) is 23.2 Å². The summed E-state index contributed by atoms with van der Waals surface area (Å²) in [5.41, 5.74) is 0.786. The van der Waals surface area contributed by atoms with Crippen LogP contribution in [0.5, 0.6) is 5.75 Å². The van der Waals surface area contributed by atoms with E-state index in [0.717, 1.165) is 36.5 Å². The first kappa shape index (κ1) is 33.4. The summed E-state index contributed by atoms with van der Waals surface area (Å²) in [6.07, 6.45) is 3.70. The van der Waals surface area contributed by atoms with E-state index in [1.54, 1.807) is 45.9 Å². The van der Waals surface area contributed by atoms with Crippen molar-refractivity contribution < 1.29 is 29.3 Å². The summed E-state index contributed by atoms with van der Waals surface area (Å²) >= 11 is 0. The number of hydrogen-bond donors (Lipinski definition) is 4. The molecular weight excluding hydrogens is 546 g/mol. The number of nitrogens with one attached hydrogen (secondary N) is 2. The molecule has 0 aromatic heterocycles. The number of aromatic hydroxyl groups is 1. The van der Waals surface area contributed by atoms with Gasteiger partial charge in [0.05, 0.1) is 6.61 Å². The lowest BCUT2D eigenvalue weighted by Gasteiger charge is -2.34. The molecule has 0 aliphatic rings. The molecule has 3 rings (SSSR count). The fraction of sp³-hybridized carbons (Fsp3) is 0.441. The van der Waals surface area contributed by atoms with Crippen LogP contribution in [0, 0.1) is 6.92 Å². The number of fused-ring (bicyclic) bond motifs is 1. The minimum Gasteiger partial charge on any atom is -0.508 e. The number of hydrogen-bond acceptors (Lipinski definition) is 6. The number of carbonyl (C=O) groups excluding carboxylic acids is 3. The zero-order chi connectivity index (χ0) is 31.6. The first-order valence-corrected chi connectivity index (χ1v) is 14.9. The molecule has 3 aromatic rings. The van der Waals surface area contributed by atoms with Gasteiger partial charge in [0.15, 0.2) is 0 Å². The Bertz CT molecular complexity index is 1400. The summed E-state index contributed by atoms with van der Waals surface area (Å²) in [7, 11) is 0.